The van der Waals surface area contributed by atoms with Crippen LogP contribution in [0.5, 0.6) is 0 Å². The number of ether oxygens (including phenoxy) is 1. The fraction of sp³-hybridized carbons (Fsp3) is 1.00. The monoisotopic (exact) mass is 258 g/mol. The molecule has 0 aromatic carbocycles. The summed E-state index contributed by atoms with van der Waals surface area (Å²) in [6.07, 6.45) is -21.2. The predicted octanol–water partition coefficient (Wildman–Crippen LogP) is 3.50. The minimum atomic E-state index is -6.13. The van der Waals surface area contributed by atoms with Crippen molar-refractivity contribution in [2.45, 2.75) is 37.9 Å². The van der Waals surface area contributed by atoms with Crippen LogP contribution in [0.3, 0.4) is 0 Å². The Hall–Kier alpha value is -0.600. The van der Waals surface area contributed by atoms with Gasteiger partial charge in [0.1, 0.15) is 0 Å². The molecular formula is C7H6F8O. The maximum Gasteiger partial charge on any atom is 0.411 e. The molecule has 1 rings (SSSR count). The largest absolute Gasteiger partial charge is 0.411 e. The second-order valence-electron chi connectivity index (χ2n) is 3.55. The Morgan fingerprint density at radius 2 is 1.38 bits per heavy atom. The van der Waals surface area contributed by atoms with Gasteiger partial charge < -0.3 is 4.74 Å². The Morgan fingerprint density at radius 3 is 1.50 bits per heavy atom. The topological polar surface area (TPSA) is 9.23 Å². The van der Waals surface area contributed by atoms with E-state index in [4.69, 9.17) is 0 Å². The molecule has 0 aromatic rings. The fourth-order valence-corrected chi connectivity index (χ4v) is 1.67. The van der Waals surface area contributed by atoms with Crippen LogP contribution in [-0.2, 0) is 4.74 Å². The smallest absolute Gasteiger partial charge is 0.316 e. The number of hydrogen-bond donors (Lipinski definition) is 0. The van der Waals surface area contributed by atoms with Crippen LogP contribution in [-0.4, -0.2) is 24.6 Å². The highest BCUT2D eigenvalue weighted by molar-refractivity contribution is 5.04. The molecule has 1 aliphatic heterocycles. The van der Waals surface area contributed by atoms with Crippen LogP contribution in [0.15, 0.2) is 0 Å². The number of halogens is 8. The Morgan fingerprint density at radius 1 is 1.00 bits per heavy atom. The first-order valence-corrected chi connectivity index (χ1v) is 4.04. The molecule has 16 heavy (non-hydrogen) atoms. The normalized spacial score (nSPS) is 29.4. The maximum absolute atomic E-state index is 12.8. The molecular weight excluding hydrogens is 252 g/mol. The summed E-state index contributed by atoms with van der Waals surface area (Å²) in [6.45, 7) is 0.729. The first kappa shape index (κ1) is 13.5. The summed E-state index contributed by atoms with van der Waals surface area (Å²) in [5.41, 5.74) is -5.12. The van der Waals surface area contributed by atoms with Gasteiger partial charge in [-0.1, -0.05) is 0 Å². The lowest BCUT2D eigenvalue weighted by Gasteiger charge is -2.36. The molecule has 0 spiro atoms. The Balaban J connectivity index is 3.38. The molecule has 0 radical (unpaired) electrons. The van der Waals surface area contributed by atoms with Gasteiger partial charge in [0.25, 0.3) is 5.41 Å². The fourth-order valence-electron chi connectivity index (χ4n) is 1.67. The molecule has 0 bridgehead atoms. The highest BCUT2D eigenvalue weighted by Gasteiger charge is 2.86. The molecule has 0 saturated carbocycles. The SMILES string of the molecule is CC1CC(C(F)(F)F)(C(F)(F)F)C(F)(F)O1. The highest BCUT2D eigenvalue weighted by Crippen LogP contribution is 2.65. The van der Waals surface area contributed by atoms with Crippen molar-refractivity contribution in [3.05, 3.63) is 0 Å². The number of hydrogen-bond acceptors (Lipinski definition) is 1. The van der Waals surface area contributed by atoms with Gasteiger partial charge in [-0.15, -0.1) is 0 Å². The summed E-state index contributed by atoms with van der Waals surface area (Å²) < 4.78 is 103. The zero-order valence-corrected chi connectivity index (χ0v) is 7.72. The van der Waals surface area contributed by atoms with Gasteiger partial charge in [-0.05, 0) is 6.92 Å². The molecule has 0 amide bonds. The molecule has 1 fully saturated rings. The van der Waals surface area contributed by atoms with E-state index in [2.05, 4.69) is 4.74 Å². The summed E-state index contributed by atoms with van der Waals surface area (Å²) in [7, 11) is 0. The van der Waals surface area contributed by atoms with Crippen molar-refractivity contribution in [2.75, 3.05) is 0 Å². The number of alkyl halides is 8. The lowest BCUT2D eigenvalue weighted by atomic mass is 9.82. The van der Waals surface area contributed by atoms with Gasteiger partial charge in [0.2, 0.25) is 0 Å². The van der Waals surface area contributed by atoms with E-state index in [0.29, 0.717) is 0 Å². The van der Waals surface area contributed by atoms with Crippen LogP contribution in [0.2, 0.25) is 0 Å². The number of rotatable bonds is 0. The summed E-state index contributed by atoms with van der Waals surface area (Å²) in [4.78, 5) is 0. The zero-order chi connectivity index (χ0) is 13.0. The highest BCUT2D eigenvalue weighted by atomic mass is 19.4. The van der Waals surface area contributed by atoms with Crippen LogP contribution in [0.1, 0.15) is 13.3 Å². The minimum Gasteiger partial charge on any atom is -0.316 e. The van der Waals surface area contributed by atoms with Crippen LogP contribution in [0.25, 0.3) is 0 Å². The first-order valence-electron chi connectivity index (χ1n) is 4.04. The van der Waals surface area contributed by atoms with Crippen LogP contribution in [0.4, 0.5) is 35.1 Å². The molecule has 1 unspecified atom stereocenters. The molecule has 1 nitrogen and oxygen atoms in total. The van der Waals surface area contributed by atoms with Crippen molar-refractivity contribution >= 4 is 0 Å². The van der Waals surface area contributed by atoms with Gasteiger partial charge in [0.05, 0.1) is 6.10 Å². The molecule has 1 heterocycles. The minimum absolute atomic E-state index is 0.729. The van der Waals surface area contributed by atoms with Crippen LogP contribution in [0, 0.1) is 5.41 Å². The summed E-state index contributed by atoms with van der Waals surface area (Å²) >= 11 is 0. The van der Waals surface area contributed by atoms with Crippen molar-refractivity contribution in [1.82, 2.24) is 0 Å². The molecule has 0 N–H and O–H groups in total. The molecule has 0 aliphatic carbocycles. The maximum atomic E-state index is 12.8. The summed E-state index contributed by atoms with van der Waals surface area (Å²) in [6, 6.07) is 0. The van der Waals surface area contributed by atoms with Crippen LogP contribution >= 0.6 is 0 Å². The zero-order valence-electron chi connectivity index (χ0n) is 7.72. The van der Waals surface area contributed by atoms with Gasteiger partial charge >= 0.3 is 18.5 Å². The van der Waals surface area contributed by atoms with E-state index in [1.54, 1.807) is 0 Å². The molecule has 1 atom stereocenters. The molecule has 96 valence electrons. The first-order chi connectivity index (χ1) is 6.85. The van der Waals surface area contributed by atoms with E-state index in [1.807, 2.05) is 0 Å². The lowest BCUT2D eigenvalue weighted by Crippen LogP contribution is -2.58. The third-order valence-electron chi connectivity index (χ3n) is 2.41. The average Bonchev–Trinajstić information content (AvgIpc) is 2.16. The second-order valence-corrected chi connectivity index (χ2v) is 3.55. The molecule has 1 saturated heterocycles. The van der Waals surface area contributed by atoms with Crippen molar-refractivity contribution < 1.29 is 39.9 Å². The van der Waals surface area contributed by atoms with E-state index in [9.17, 15) is 35.1 Å². The van der Waals surface area contributed by atoms with Crippen molar-refractivity contribution in [2.24, 2.45) is 5.41 Å². The van der Waals surface area contributed by atoms with Gasteiger partial charge in [-0.25, -0.2) is 0 Å². The van der Waals surface area contributed by atoms with E-state index in [0.717, 1.165) is 6.92 Å². The third-order valence-corrected chi connectivity index (χ3v) is 2.41. The van der Waals surface area contributed by atoms with Crippen molar-refractivity contribution in [3.8, 4) is 0 Å². The quantitative estimate of drug-likeness (QED) is 0.604. The summed E-state index contributed by atoms with van der Waals surface area (Å²) in [5, 5.41) is 0. The Bertz CT molecular complexity index is 263. The van der Waals surface area contributed by atoms with Gasteiger partial charge in [-0.3, -0.25) is 0 Å². The van der Waals surface area contributed by atoms with Crippen LogP contribution < -0.4 is 0 Å². The second kappa shape index (κ2) is 3.21. The van der Waals surface area contributed by atoms with E-state index in [1.165, 1.54) is 0 Å². The van der Waals surface area contributed by atoms with Crippen molar-refractivity contribution in [1.29, 1.82) is 0 Å². The Labute approximate surface area is 84.4 Å². The third kappa shape index (κ3) is 1.56. The van der Waals surface area contributed by atoms with Gasteiger partial charge in [-0.2, -0.15) is 35.1 Å². The average molecular weight is 258 g/mol. The van der Waals surface area contributed by atoms with Gasteiger partial charge in [0.15, 0.2) is 0 Å². The standard InChI is InChI=1S/C7H6F8O/c1-3-2-4(5(8,9)10,6(11,12)13)7(14,15)16-3/h3H,2H2,1H3. The molecule has 0 aromatic heterocycles. The molecule has 1 aliphatic rings. The Kier molecular flexibility index (Phi) is 2.70. The summed E-state index contributed by atoms with van der Waals surface area (Å²) in [5.74, 6) is 0. The van der Waals surface area contributed by atoms with Crippen molar-refractivity contribution in [3.63, 3.8) is 0 Å². The van der Waals surface area contributed by atoms with E-state index < -0.39 is 36.4 Å². The van der Waals surface area contributed by atoms with E-state index in [-0.39, 0.29) is 0 Å². The van der Waals surface area contributed by atoms with E-state index >= 15 is 0 Å². The predicted molar refractivity (Wildman–Crippen MR) is 34.7 cm³/mol. The van der Waals surface area contributed by atoms with Gasteiger partial charge in [0, 0.05) is 6.42 Å². The molecule has 9 heteroatoms. The lowest BCUT2D eigenvalue weighted by molar-refractivity contribution is -0.426.